The van der Waals surface area contributed by atoms with Gasteiger partial charge in [0.05, 0.1) is 15.2 Å². The van der Waals surface area contributed by atoms with Crippen LogP contribution >= 0.6 is 55.1 Å². The van der Waals surface area contributed by atoms with Gasteiger partial charge in [-0.2, -0.15) is 5.10 Å². The van der Waals surface area contributed by atoms with Crippen LogP contribution in [-0.2, 0) is 6.61 Å². The number of fused-ring (bicyclic) bond motifs is 1. The molecule has 5 nitrogen and oxygen atoms in total. The Morgan fingerprint density at radius 2 is 1.81 bits per heavy atom. The van der Waals surface area contributed by atoms with Crippen LogP contribution in [0, 0.1) is 0 Å². The maximum absolute atomic E-state index is 12.3. The maximum atomic E-state index is 12.3. The number of ether oxygens (including phenoxy) is 1. The van der Waals surface area contributed by atoms with Gasteiger partial charge in [-0.3, -0.25) is 4.79 Å². The molecule has 0 unspecified atom stereocenters. The topological polar surface area (TPSA) is 63.8 Å². The minimum Gasteiger partial charge on any atom is -0.486 e. The van der Waals surface area contributed by atoms with Crippen molar-refractivity contribution in [2.24, 2.45) is 5.10 Å². The summed E-state index contributed by atoms with van der Waals surface area (Å²) >= 11 is 19.2. The average molecular weight is 597 g/mol. The molecule has 1 aromatic heterocycles. The number of carbonyl (C=O) groups excluding carboxylic acids is 1. The lowest BCUT2D eigenvalue weighted by Gasteiger charge is -2.12. The molecule has 1 amide bonds. The molecule has 0 aliphatic carbocycles. The van der Waals surface area contributed by atoms with E-state index in [0.717, 1.165) is 25.5 Å². The van der Waals surface area contributed by atoms with E-state index in [-0.39, 0.29) is 5.76 Å². The Morgan fingerprint density at radius 3 is 2.56 bits per heavy atom. The molecule has 0 aliphatic heterocycles. The summed E-state index contributed by atoms with van der Waals surface area (Å²) in [5.74, 6) is 0.309. The first-order valence-corrected chi connectivity index (χ1v) is 11.6. The summed E-state index contributed by atoms with van der Waals surface area (Å²) in [5, 5.41) is 5.97. The monoisotopic (exact) mass is 594 g/mol. The van der Waals surface area contributed by atoms with Gasteiger partial charge in [0, 0.05) is 21.0 Å². The van der Waals surface area contributed by atoms with Crippen LogP contribution in [-0.4, -0.2) is 12.1 Å². The Hall–Kier alpha value is -2.32. The molecule has 4 aromatic rings. The van der Waals surface area contributed by atoms with Crippen molar-refractivity contribution in [1.29, 1.82) is 0 Å². The highest BCUT2D eigenvalue weighted by molar-refractivity contribution is 9.11. The molecule has 1 heterocycles. The molecule has 0 radical (unpaired) electrons. The number of furan rings is 1. The number of rotatable bonds is 6. The third-order valence-corrected chi connectivity index (χ3v) is 6.21. The average Bonchev–Trinajstić information content (AvgIpc) is 3.17. The lowest BCUT2D eigenvalue weighted by Crippen LogP contribution is -2.16. The number of hydrazone groups is 1. The van der Waals surface area contributed by atoms with E-state index < -0.39 is 5.91 Å². The second-order valence-electron chi connectivity index (χ2n) is 6.69. The van der Waals surface area contributed by atoms with Crippen LogP contribution in [0.2, 0.25) is 10.0 Å². The molecule has 0 bridgehead atoms. The van der Waals surface area contributed by atoms with Crippen LogP contribution in [0.1, 0.15) is 21.7 Å². The fourth-order valence-corrected chi connectivity index (χ4v) is 4.73. The zero-order valence-corrected chi connectivity index (χ0v) is 20.9. The third-order valence-electron chi connectivity index (χ3n) is 4.43. The van der Waals surface area contributed by atoms with E-state index >= 15 is 0 Å². The van der Waals surface area contributed by atoms with Crippen LogP contribution in [0.25, 0.3) is 11.0 Å². The fourth-order valence-electron chi connectivity index (χ4n) is 2.90. The van der Waals surface area contributed by atoms with Crippen LogP contribution in [0.3, 0.4) is 0 Å². The number of nitrogens with zero attached hydrogens (tertiary/aromatic N) is 1. The summed E-state index contributed by atoms with van der Waals surface area (Å²) in [6.45, 7) is 0.322. The van der Waals surface area contributed by atoms with E-state index in [4.69, 9.17) is 32.4 Å². The highest BCUT2D eigenvalue weighted by Gasteiger charge is 2.13. The Balaban J connectivity index is 1.42. The first kappa shape index (κ1) is 22.9. The van der Waals surface area contributed by atoms with Gasteiger partial charge in [-0.1, -0.05) is 41.4 Å². The molecule has 0 spiro atoms. The van der Waals surface area contributed by atoms with Crippen molar-refractivity contribution < 1.29 is 13.9 Å². The molecule has 0 saturated heterocycles. The number of hydrogen-bond donors (Lipinski definition) is 1. The summed E-state index contributed by atoms with van der Waals surface area (Å²) in [6.07, 6.45) is 1.52. The number of benzene rings is 3. The van der Waals surface area contributed by atoms with Crippen molar-refractivity contribution in [3.63, 3.8) is 0 Å². The van der Waals surface area contributed by atoms with Crippen molar-refractivity contribution in [3.05, 3.63) is 96.5 Å². The number of hydrogen-bond acceptors (Lipinski definition) is 4. The smallest absolute Gasteiger partial charge is 0.307 e. The van der Waals surface area contributed by atoms with Gasteiger partial charge >= 0.3 is 5.91 Å². The van der Waals surface area contributed by atoms with E-state index in [1.165, 1.54) is 6.21 Å². The van der Waals surface area contributed by atoms with E-state index in [0.29, 0.717) is 28.0 Å². The SMILES string of the molecule is O=C(N/N=C/c1cc(Br)c(OCc2ccccc2Cl)c(Br)c1)c1cc2cc(Cl)ccc2o1. The predicted octanol–water partition coefficient (Wildman–Crippen LogP) is 7.61. The summed E-state index contributed by atoms with van der Waals surface area (Å²) in [7, 11) is 0. The summed E-state index contributed by atoms with van der Waals surface area (Å²) in [4.78, 5) is 12.3. The molecule has 0 atom stereocenters. The standard InChI is InChI=1S/C23H14Br2Cl2N2O3/c24-17-7-13(8-18(25)22(17)31-12-14-3-1-2-4-19(14)27)11-28-29-23(30)21-10-15-9-16(26)5-6-20(15)32-21/h1-11H,12H2,(H,29,30)/b28-11+. The minimum absolute atomic E-state index is 0.144. The molecule has 1 N–H and O–H groups in total. The first-order valence-electron chi connectivity index (χ1n) is 9.28. The summed E-state index contributed by atoms with van der Waals surface area (Å²) in [5.41, 5.74) is 4.65. The summed E-state index contributed by atoms with van der Waals surface area (Å²) < 4.78 is 12.9. The van der Waals surface area contributed by atoms with E-state index in [9.17, 15) is 4.79 Å². The zero-order valence-electron chi connectivity index (χ0n) is 16.2. The highest BCUT2D eigenvalue weighted by atomic mass is 79.9. The van der Waals surface area contributed by atoms with Crippen LogP contribution < -0.4 is 10.2 Å². The second kappa shape index (κ2) is 10.1. The van der Waals surface area contributed by atoms with Crippen molar-refractivity contribution >= 4 is 78.2 Å². The molecular formula is C23H14Br2Cl2N2O3. The maximum Gasteiger partial charge on any atom is 0.307 e. The molecule has 9 heteroatoms. The van der Waals surface area contributed by atoms with Gasteiger partial charge < -0.3 is 9.15 Å². The van der Waals surface area contributed by atoms with Crippen molar-refractivity contribution in [1.82, 2.24) is 5.43 Å². The lowest BCUT2D eigenvalue weighted by atomic mass is 10.2. The van der Waals surface area contributed by atoms with Gasteiger partial charge in [0.25, 0.3) is 0 Å². The molecule has 32 heavy (non-hydrogen) atoms. The van der Waals surface area contributed by atoms with E-state index in [1.54, 1.807) is 24.3 Å². The molecule has 4 rings (SSSR count). The van der Waals surface area contributed by atoms with Gasteiger partial charge in [-0.05, 0) is 79.9 Å². The van der Waals surface area contributed by atoms with E-state index in [2.05, 4.69) is 42.4 Å². The van der Waals surface area contributed by atoms with Gasteiger partial charge in [0.15, 0.2) is 5.76 Å². The molecule has 3 aromatic carbocycles. The predicted molar refractivity (Wildman–Crippen MR) is 134 cm³/mol. The normalized spacial score (nSPS) is 11.2. The molecule has 0 aliphatic rings. The van der Waals surface area contributed by atoms with Crippen molar-refractivity contribution in [3.8, 4) is 5.75 Å². The van der Waals surface area contributed by atoms with Crippen LogP contribution in [0.4, 0.5) is 0 Å². The quantitative estimate of drug-likeness (QED) is 0.184. The fraction of sp³-hybridized carbons (Fsp3) is 0.0435. The van der Waals surface area contributed by atoms with Crippen LogP contribution in [0.15, 0.2) is 79.1 Å². The first-order chi connectivity index (χ1) is 15.4. The van der Waals surface area contributed by atoms with Crippen LogP contribution in [0.5, 0.6) is 5.75 Å². The number of carbonyl (C=O) groups is 1. The highest BCUT2D eigenvalue weighted by Crippen LogP contribution is 2.35. The van der Waals surface area contributed by atoms with Gasteiger partial charge in [0.2, 0.25) is 0 Å². The molecule has 162 valence electrons. The number of amides is 1. The molecule has 0 fully saturated rings. The summed E-state index contributed by atoms with van der Waals surface area (Å²) in [6, 6.07) is 17.9. The molecule has 0 saturated carbocycles. The Labute approximate surface area is 210 Å². The Kier molecular flexibility index (Phi) is 7.20. The van der Waals surface area contributed by atoms with Gasteiger partial charge in [-0.15, -0.1) is 0 Å². The third kappa shape index (κ3) is 5.35. The number of nitrogens with one attached hydrogen (secondary N) is 1. The second-order valence-corrected chi connectivity index (χ2v) is 9.24. The minimum atomic E-state index is -0.466. The Morgan fingerprint density at radius 1 is 1.06 bits per heavy atom. The molecular weight excluding hydrogens is 583 g/mol. The van der Waals surface area contributed by atoms with Crippen molar-refractivity contribution in [2.45, 2.75) is 6.61 Å². The largest absolute Gasteiger partial charge is 0.486 e. The zero-order chi connectivity index (χ0) is 22.7. The number of halogens is 4. The Bertz CT molecular complexity index is 1320. The van der Waals surface area contributed by atoms with Gasteiger partial charge in [-0.25, -0.2) is 5.43 Å². The van der Waals surface area contributed by atoms with Crippen molar-refractivity contribution in [2.75, 3.05) is 0 Å². The van der Waals surface area contributed by atoms with E-state index in [1.807, 2.05) is 36.4 Å². The lowest BCUT2D eigenvalue weighted by molar-refractivity contribution is 0.0929. The van der Waals surface area contributed by atoms with Gasteiger partial charge in [0.1, 0.15) is 17.9 Å².